The van der Waals surface area contributed by atoms with E-state index in [1.807, 2.05) is 12.3 Å². The molecule has 0 saturated carbocycles. The fourth-order valence-electron chi connectivity index (χ4n) is 5.31. The molecule has 0 N–H and O–H groups in total. The lowest BCUT2D eigenvalue weighted by atomic mass is 10.0. The molecule has 0 amide bonds. The highest BCUT2D eigenvalue weighted by Gasteiger charge is 2.36. The minimum absolute atomic E-state index is 0.520. The molecule has 2 atom stereocenters. The molecular weight excluding hydrogens is 406 g/mol. The van der Waals surface area contributed by atoms with E-state index in [9.17, 15) is 0 Å². The molecule has 2 aliphatic heterocycles. The topological polar surface area (TPSA) is 35.5 Å². The van der Waals surface area contributed by atoms with E-state index in [2.05, 4.69) is 75.8 Å². The van der Waals surface area contributed by atoms with Crippen LogP contribution in [-0.4, -0.2) is 64.6 Å². The van der Waals surface area contributed by atoms with Gasteiger partial charge in [-0.05, 0) is 56.2 Å². The number of fused-ring (bicyclic) bond motifs is 2. The molecule has 162 valence electrons. The fourth-order valence-corrected chi connectivity index (χ4v) is 5.50. The molecule has 3 aromatic rings. The molecule has 5 nitrogen and oxygen atoms in total. The molecule has 0 spiro atoms. The first-order valence-electron chi connectivity index (χ1n) is 11.2. The number of rotatable bonds is 3. The zero-order valence-corrected chi connectivity index (χ0v) is 19.3. The Hall–Kier alpha value is -2.21. The molecule has 2 saturated heterocycles. The van der Waals surface area contributed by atoms with Gasteiger partial charge in [-0.25, -0.2) is 4.98 Å². The van der Waals surface area contributed by atoms with Crippen LogP contribution in [0.3, 0.4) is 0 Å². The summed E-state index contributed by atoms with van der Waals surface area (Å²) >= 11 is 6.05. The quantitative estimate of drug-likeness (QED) is 0.573. The average Bonchev–Trinajstić information content (AvgIpc) is 2.76. The van der Waals surface area contributed by atoms with E-state index in [1.165, 1.54) is 22.2 Å². The molecule has 0 aliphatic carbocycles. The molecule has 1 aromatic carbocycles. The lowest BCUT2D eigenvalue weighted by molar-refractivity contribution is 0.0316. The van der Waals surface area contributed by atoms with Gasteiger partial charge in [0.1, 0.15) is 5.15 Å². The van der Waals surface area contributed by atoms with Gasteiger partial charge >= 0.3 is 0 Å². The number of benzene rings is 1. The zero-order chi connectivity index (χ0) is 21.5. The van der Waals surface area contributed by atoms with E-state index in [1.54, 1.807) is 0 Å². The summed E-state index contributed by atoms with van der Waals surface area (Å²) in [5, 5.41) is 1.83. The number of anilines is 1. The Balaban J connectivity index is 1.37. The van der Waals surface area contributed by atoms with Crippen molar-refractivity contribution >= 4 is 28.2 Å². The maximum atomic E-state index is 6.05. The first-order valence-corrected chi connectivity index (χ1v) is 11.6. The highest BCUT2D eigenvalue weighted by atomic mass is 35.5. The molecule has 2 fully saturated rings. The summed E-state index contributed by atoms with van der Waals surface area (Å²) in [6.07, 6.45) is 1.90. The van der Waals surface area contributed by atoms with Gasteiger partial charge in [-0.15, -0.1) is 0 Å². The number of pyridine rings is 2. The van der Waals surface area contributed by atoms with Gasteiger partial charge in [-0.1, -0.05) is 23.7 Å². The van der Waals surface area contributed by atoms with Gasteiger partial charge in [-0.3, -0.25) is 14.8 Å². The van der Waals surface area contributed by atoms with Crippen LogP contribution in [0.4, 0.5) is 5.69 Å². The van der Waals surface area contributed by atoms with Crippen molar-refractivity contribution in [2.24, 2.45) is 0 Å². The molecule has 31 heavy (non-hydrogen) atoms. The predicted molar refractivity (Wildman–Crippen MR) is 128 cm³/mol. The van der Waals surface area contributed by atoms with Crippen molar-refractivity contribution < 1.29 is 0 Å². The van der Waals surface area contributed by atoms with Gasteiger partial charge in [-0.2, -0.15) is 0 Å². The minimum Gasteiger partial charge on any atom is -0.368 e. The van der Waals surface area contributed by atoms with Crippen molar-refractivity contribution in [2.75, 3.05) is 37.6 Å². The normalized spacial score (nSPS) is 22.6. The zero-order valence-electron chi connectivity index (χ0n) is 18.6. The molecule has 4 heterocycles. The standard InChI is InChI=1S/C25H30ClN5/c1-17-6-8-23(22-5-4-10-27-25(17)22)30-13-18(2)31-12-11-29(15-21(31)16-30)14-20-7-9-24(26)28-19(20)3/h4-10,18,21H,11-16H2,1-3H3/t18-,21+/m1/s1. The molecule has 6 heteroatoms. The van der Waals surface area contributed by atoms with Gasteiger partial charge in [0.15, 0.2) is 0 Å². The van der Waals surface area contributed by atoms with Crippen molar-refractivity contribution in [3.8, 4) is 0 Å². The van der Waals surface area contributed by atoms with Crippen LogP contribution in [0.25, 0.3) is 10.9 Å². The number of piperazine rings is 2. The van der Waals surface area contributed by atoms with Crippen molar-refractivity contribution in [1.29, 1.82) is 0 Å². The maximum Gasteiger partial charge on any atom is 0.129 e. The lowest BCUT2D eigenvalue weighted by Crippen LogP contribution is -2.65. The van der Waals surface area contributed by atoms with E-state index in [-0.39, 0.29) is 0 Å². The van der Waals surface area contributed by atoms with Crippen molar-refractivity contribution in [1.82, 2.24) is 19.8 Å². The molecule has 0 radical (unpaired) electrons. The van der Waals surface area contributed by atoms with Crippen molar-refractivity contribution in [2.45, 2.75) is 39.4 Å². The summed E-state index contributed by atoms with van der Waals surface area (Å²) in [5.74, 6) is 0. The summed E-state index contributed by atoms with van der Waals surface area (Å²) in [5.41, 5.74) is 5.98. The predicted octanol–water partition coefficient (Wildman–Crippen LogP) is 4.29. The number of hydrogen-bond acceptors (Lipinski definition) is 5. The van der Waals surface area contributed by atoms with Crippen LogP contribution in [0, 0.1) is 13.8 Å². The Kier molecular flexibility index (Phi) is 5.59. The van der Waals surface area contributed by atoms with E-state index in [0.29, 0.717) is 17.2 Å². The largest absolute Gasteiger partial charge is 0.368 e. The SMILES string of the molecule is Cc1nc(Cl)ccc1CN1CCN2[C@@H](C1)CN(c1ccc(C)c3ncccc13)C[C@H]2C. The third-order valence-corrected chi connectivity index (χ3v) is 7.15. The van der Waals surface area contributed by atoms with Crippen molar-refractivity contribution in [3.05, 3.63) is 64.6 Å². The van der Waals surface area contributed by atoms with Gasteiger partial charge in [0, 0.05) is 74.3 Å². The van der Waals surface area contributed by atoms with Crippen LogP contribution in [-0.2, 0) is 6.54 Å². The monoisotopic (exact) mass is 435 g/mol. The highest BCUT2D eigenvalue weighted by molar-refractivity contribution is 6.29. The Labute approximate surface area is 189 Å². The summed E-state index contributed by atoms with van der Waals surface area (Å²) < 4.78 is 0. The number of halogens is 1. The van der Waals surface area contributed by atoms with Crippen molar-refractivity contribution in [3.63, 3.8) is 0 Å². The Morgan fingerprint density at radius 1 is 1.03 bits per heavy atom. The molecular formula is C25H30ClN5. The first kappa shape index (κ1) is 20.7. The molecule has 0 bridgehead atoms. The summed E-state index contributed by atoms with van der Waals surface area (Å²) in [4.78, 5) is 16.9. The minimum atomic E-state index is 0.520. The second-order valence-corrected chi connectivity index (χ2v) is 9.45. The maximum absolute atomic E-state index is 6.05. The van der Waals surface area contributed by atoms with Crippen LogP contribution >= 0.6 is 11.6 Å². The average molecular weight is 436 g/mol. The van der Waals surface area contributed by atoms with Crippen LogP contribution in [0.15, 0.2) is 42.6 Å². The molecule has 2 aliphatic rings. The number of aromatic nitrogens is 2. The van der Waals surface area contributed by atoms with Crippen LogP contribution in [0.1, 0.15) is 23.7 Å². The Morgan fingerprint density at radius 3 is 2.74 bits per heavy atom. The Bertz CT molecular complexity index is 1100. The van der Waals surface area contributed by atoms with Crippen LogP contribution in [0.2, 0.25) is 5.15 Å². The summed E-state index contributed by atoms with van der Waals surface area (Å²) in [6, 6.07) is 13.8. The smallest absolute Gasteiger partial charge is 0.129 e. The van der Waals surface area contributed by atoms with E-state index >= 15 is 0 Å². The molecule has 0 unspecified atom stereocenters. The summed E-state index contributed by atoms with van der Waals surface area (Å²) in [6.45, 7) is 12.9. The van der Waals surface area contributed by atoms with Gasteiger partial charge in [0.05, 0.1) is 5.52 Å². The summed E-state index contributed by atoms with van der Waals surface area (Å²) in [7, 11) is 0. The second kappa shape index (κ2) is 8.38. The van der Waals surface area contributed by atoms with Gasteiger partial charge < -0.3 is 4.90 Å². The number of aryl methyl sites for hydroxylation is 2. The van der Waals surface area contributed by atoms with Gasteiger partial charge in [0.2, 0.25) is 0 Å². The van der Waals surface area contributed by atoms with E-state index in [0.717, 1.165) is 50.5 Å². The molecule has 5 rings (SSSR count). The molecule has 2 aromatic heterocycles. The Morgan fingerprint density at radius 2 is 1.90 bits per heavy atom. The fraction of sp³-hybridized carbons (Fsp3) is 0.440. The third kappa shape index (κ3) is 4.02. The first-order chi connectivity index (χ1) is 15.0. The van der Waals surface area contributed by atoms with E-state index in [4.69, 9.17) is 11.6 Å². The lowest BCUT2D eigenvalue weighted by Gasteiger charge is -2.51. The van der Waals surface area contributed by atoms with E-state index < -0.39 is 0 Å². The second-order valence-electron chi connectivity index (χ2n) is 9.06. The van der Waals surface area contributed by atoms with Gasteiger partial charge in [0.25, 0.3) is 0 Å². The number of hydrogen-bond donors (Lipinski definition) is 0. The third-order valence-electron chi connectivity index (χ3n) is 6.94. The van der Waals surface area contributed by atoms with Crippen LogP contribution in [0.5, 0.6) is 0 Å². The van der Waals surface area contributed by atoms with Crippen LogP contribution < -0.4 is 4.90 Å². The number of nitrogens with zero attached hydrogens (tertiary/aromatic N) is 5. The highest BCUT2D eigenvalue weighted by Crippen LogP contribution is 2.32.